The van der Waals surface area contributed by atoms with Gasteiger partial charge in [-0.3, -0.25) is 9.11 Å². The van der Waals surface area contributed by atoms with E-state index in [2.05, 4.69) is 0 Å². The Hall–Kier alpha value is -1.16. The minimum Gasteiger partial charge on any atom is -0.281 e. The molecule has 2 N–H and O–H groups in total. The molecule has 0 fully saturated rings. The van der Waals surface area contributed by atoms with Crippen molar-refractivity contribution in [1.29, 1.82) is 0 Å². The van der Waals surface area contributed by atoms with Crippen molar-refractivity contribution in [2.24, 2.45) is 0 Å². The van der Waals surface area contributed by atoms with Crippen LogP contribution >= 0.6 is 0 Å². The van der Waals surface area contributed by atoms with Gasteiger partial charge in [0, 0.05) is 0 Å². The van der Waals surface area contributed by atoms with E-state index in [-0.39, 0.29) is 0 Å². The Balaban J connectivity index is 6.84. The molecule has 0 saturated carbocycles. The van der Waals surface area contributed by atoms with Crippen LogP contribution in [0.4, 0.5) is 52.7 Å². The summed E-state index contributed by atoms with van der Waals surface area (Å²) in [7, 11) is -32.9. The van der Waals surface area contributed by atoms with Crippen molar-refractivity contribution < 1.29 is 99.1 Å². The molecule has 27 heteroatoms. The molecule has 0 radical (unpaired) electrons. The highest BCUT2D eigenvalue weighted by atomic mass is 32.3. The smallest absolute Gasteiger partial charge is 0.281 e. The van der Waals surface area contributed by atoms with E-state index >= 15 is 0 Å². The topological polar surface area (TPSA) is 186 Å². The first-order valence-electron chi connectivity index (χ1n) is 6.12. The zero-order valence-corrected chi connectivity index (χ0v) is 17.0. The molecular weight excluding hydrogens is 604 g/mol. The third-order valence-corrected chi connectivity index (χ3v) is 7.93. The zero-order valence-electron chi connectivity index (χ0n) is 13.7. The lowest BCUT2D eigenvalue weighted by Crippen LogP contribution is -2.63. The lowest BCUT2D eigenvalue weighted by molar-refractivity contribution is -0.249. The lowest BCUT2D eigenvalue weighted by atomic mass is 10.3. The number of halogens is 12. The van der Waals surface area contributed by atoms with Crippen LogP contribution in [0.2, 0.25) is 0 Å². The van der Waals surface area contributed by atoms with Gasteiger partial charge in [-0.2, -0.15) is 86.4 Å². The molecule has 11 nitrogen and oxygen atoms in total. The van der Waals surface area contributed by atoms with E-state index < -0.39 is 73.3 Å². The van der Waals surface area contributed by atoms with Crippen molar-refractivity contribution in [2.45, 2.75) is 32.9 Å². The molecule has 0 aromatic heterocycles. The molecule has 0 amide bonds. The van der Waals surface area contributed by atoms with E-state index in [0.717, 1.165) is 0 Å². The minimum atomic E-state index is -8.74. The molecule has 33 heavy (non-hydrogen) atoms. The van der Waals surface area contributed by atoms with Crippen molar-refractivity contribution in [3.63, 3.8) is 0 Å². The van der Waals surface area contributed by atoms with Crippen LogP contribution in [0.3, 0.4) is 0 Å². The maximum Gasteiger partial charge on any atom is 0.440 e. The van der Waals surface area contributed by atoms with Gasteiger partial charge in [-0.05, 0) is 0 Å². The monoisotopic (exact) mass is 606 g/mol. The summed E-state index contributed by atoms with van der Waals surface area (Å²) in [4.78, 5) is 0. The average molecular weight is 606 g/mol. The third kappa shape index (κ3) is 4.34. The highest BCUT2D eigenvalue weighted by Gasteiger charge is 2.86. The summed E-state index contributed by atoms with van der Waals surface area (Å²) in [5.74, 6) is -16.1. The molecule has 0 unspecified atom stereocenters. The molecule has 200 valence electrons. The van der Waals surface area contributed by atoms with Crippen LogP contribution < -0.4 is 0 Å². The molecule has 0 spiro atoms. The van der Waals surface area contributed by atoms with Gasteiger partial charge >= 0.3 is 73.3 Å². The van der Waals surface area contributed by atoms with Crippen LogP contribution in [-0.2, 0) is 44.1 Å². The number of hydrogen-bond acceptors (Lipinski definition) is 9. The second-order valence-electron chi connectivity index (χ2n) is 5.14. The minimum absolute atomic E-state index is 1.61. The second-order valence-corrected chi connectivity index (χ2v) is 11.5. The predicted molar refractivity (Wildman–Crippen MR) is 71.7 cm³/mol. The van der Waals surface area contributed by atoms with Gasteiger partial charge in [-0.15, -0.1) is 3.63 Å². The molecule has 0 heterocycles. The first kappa shape index (κ1) is 31.8. The highest BCUT2D eigenvalue weighted by molar-refractivity contribution is 8.01. The zero-order chi connectivity index (χ0) is 27.7. The maximum absolute atomic E-state index is 13.3. The van der Waals surface area contributed by atoms with Crippen molar-refractivity contribution in [2.75, 3.05) is 0 Å². The Labute approximate surface area is 173 Å². The van der Waals surface area contributed by atoms with Crippen LogP contribution in [0, 0.1) is 0 Å². The van der Waals surface area contributed by atoms with Crippen LogP contribution in [0.25, 0.3) is 0 Å². The SMILES string of the molecule is O=S(=O)(O)C(F)(F)C(F)(F)C(F)(F)S(=O)(=O)OS(=O)(=O)C(F)(F)C(F)(F)C(F)(F)S(=O)(=O)O. The number of rotatable bonds is 10. The average Bonchev–Trinajstić information content (AvgIpc) is 2.50. The largest absolute Gasteiger partial charge is 0.440 e. The summed E-state index contributed by atoms with van der Waals surface area (Å²) in [6.07, 6.45) is 0. The second kappa shape index (κ2) is 7.67. The van der Waals surface area contributed by atoms with Gasteiger partial charge in [-0.25, -0.2) is 0 Å². The summed E-state index contributed by atoms with van der Waals surface area (Å²) in [6.45, 7) is 0. The highest BCUT2D eigenvalue weighted by Crippen LogP contribution is 2.54. The van der Waals surface area contributed by atoms with Crippen molar-refractivity contribution in [3.8, 4) is 0 Å². The lowest BCUT2D eigenvalue weighted by Gasteiger charge is -2.31. The van der Waals surface area contributed by atoms with Gasteiger partial charge in [0.15, 0.2) is 0 Å². The first-order chi connectivity index (χ1) is 13.7. The fraction of sp³-hybridized carbons (Fsp3) is 1.00. The normalized spacial score (nSPS) is 16.7. The van der Waals surface area contributed by atoms with Gasteiger partial charge in [-0.1, -0.05) is 0 Å². The van der Waals surface area contributed by atoms with Crippen LogP contribution in [-0.4, -0.2) is 75.6 Å². The van der Waals surface area contributed by atoms with E-state index in [1.807, 2.05) is 0 Å². The molecule has 0 aliphatic heterocycles. The molecule has 0 aromatic rings. The Morgan fingerprint density at radius 3 is 0.758 bits per heavy atom. The van der Waals surface area contributed by atoms with Crippen molar-refractivity contribution in [3.05, 3.63) is 0 Å². The summed E-state index contributed by atoms with van der Waals surface area (Å²) >= 11 is 0. The molecule has 0 bridgehead atoms. The molecule has 0 saturated heterocycles. The molecular formula is C6H2F12O11S4. The molecule has 0 aliphatic carbocycles. The first-order valence-corrected chi connectivity index (χ1v) is 11.8. The van der Waals surface area contributed by atoms with Crippen LogP contribution in [0.5, 0.6) is 0 Å². The van der Waals surface area contributed by atoms with Gasteiger partial charge in [0.05, 0.1) is 0 Å². The molecule has 0 aliphatic rings. The Kier molecular flexibility index (Phi) is 7.40. The fourth-order valence-electron chi connectivity index (χ4n) is 1.18. The van der Waals surface area contributed by atoms with Crippen molar-refractivity contribution in [1.82, 2.24) is 0 Å². The van der Waals surface area contributed by atoms with Gasteiger partial charge in [0.25, 0.3) is 0 Å². The number of alkyl halides is 12. The maximum atomic E-state index is 13.3. The van der Waals surface area contributed by atoms with E-state index in [1.54, 1.807) is 3.63 Å². The van der Waals surface area contributed by atoms with Gasteiger partial charge < -0.3 is 0 Å². The molecule has 0 aromatic carbocycles. The summed E-state index contributed by atoms with van der Waals surface area (Å²) in [5.41, 5.74) is 0. The summed E-state index contributed by atoms with van der Waals surface area (Å²) in [6, 6.07) is 0. The molecule has 0 rings (SSSR count). The van der Waals surface area contributed by atoms with Crippen molar-refractivity contribution >= 4 is 40.5 Å². The van der Waals surface area contributed by atoms with Crippen LogP contribution in [0.1, 0.15) is 0 Å². The summed E-state index contributed by atoms with van der Waals surface area (Å²) in [5, 5.41) is -31.3. The standard InChI is InChI=1S/C6H2F12O11S4/c7-1(8,3(11,12)30(19,20)21)5(15,16)32(25,26)29-33(27,28)6(17,18)2(9,10)4(13,14)31(22,23)24/h(H,19,20,21)(H,22,23,24). The third-order valence-electron chi connectivity index (χ3n) is 2.92. The number of hydrogen-bond donors (Lipinski definition) is 2. The quantitative estimate of drug-likeness (QED) is 0.268. The van der Waals surface area contributed by atoms with Crippen LogP contribution in [0.15, 0.2) is 0 Å². The van der Waals surface area contributed by atoms with E-state index in [4.69, 9.17) is 9.11 Å². The predicted octanol–water partition coefficient (Wildman–Crippen LogP) is 1.08. The van der Waals surface area contributed by atoms with E-state index in [9.17, 15) is 86.4 Å². The molecule has 0 atom stereocenters. The van der Waals surface area contributed by atoms with Gasteiger partial charge in [0.1, 0.15) is 0 Å². The fourth-order valence-corrected chi connectivity index (χ4v) is 4.73. The Bertz CT molecular complexity index is 1120. The summed E-state index contributed by atoms with van der Waals surface area (Å²) < 4.78 is 259. The van der Waals surface area contributed by atoms with E-state index in [1.165, 1.54) is 0 Å². The Morgan fingerprint density at radius 1 is 0.424 bits per heavy atom. The van der Waals surface area contributed by atoms with E-state index in [0.29, 0.717) is 0 Å². The Morgan fingerprint density at radius 2 is 0.606 bits per heavy atom. The van der Waals surface area contributed by atoms with Gasteiger partial charge in [0.2, 0.25) is 0 Å².